The minimum absolute atomic E-state index is 0. The van der Waals surface area contributed by atoms with Crippen LogP contribution in [0.15, 0.2) is 0 Å². The molecule has 0 bridgehead atoms. The first-order chi connectivity index (χ1) is 2.27. The van der Waals surface area contributed by atoms with E-state index in [1.54, 1.807) is 0 Å². The van der Waals surface area contributed by atoms with Crippen LogP contribution in [-0.2, 0) is 4.79 Å². The molecule has 6 heavy (non-hydrogen) atoms. The van der Waals surface area contributed by atoms with Crippen LogP contribution >= 0.6 is 0 Å². The number of hydrogen-bond acceptors (Lipinski definition) is 2. The van der Waals surface area contributed by atoms with E-state index in [1.807, 2.05) is 0 Å². The number of carboxylic acid groups (broad SMARTS) is 1. The van der Waals surface area contributed by atoms with E-state index in [2.05, 4.69) is 0 Å². The second kappa shape index (κ2) is 5.40. The summed E-state index contributed by atoms with van der Waals surface area (Å²) in [5.74, 6) is -1.20. The van der Waals surface area contributed by atoms with Gasteiger partial charge in [-0.3, -0.25) is 0 Å². The first kappa shape index (κ1) is 9.64. The summed E-state index contributed by atoms with van der Waals surface area (Å²) in [5, 5.41) is 13.4. The zero-order valence-electron chi connectivity index (χ0n) is 5.14. The van der Waals surface area contributed by atoms with Crippen molar-refractivity contribution in [3.8, 4) is 0 Å². The van der Waals surface area contributed by atoms with E-state index in [4.69, 9.17) is 15.3 Å². The number of hydrogen-bond donors (Lipinski definition) is 2. The van der Waals surface area contributed by atoms with Gasteiger partial charge in [0, 0.05) is 0 Å². The first-order valence-corrected chi connectivity index (χ1v) is 1.01. The summed E-state index contributed by atoms with van der Waals surface area (Å²) in [6.45, 7) is 0. The van der Waals surface area contributed by atoms with E-state index in [1.165, 1.54) is 0 Å². The molecular weight excluding hydrogens is 110 g/mol. The number of rotatable bonds is 1. The van der Waals surface area contributed by atoms with Crippen LogP contribution < -0.4 is 0 Å². The Hall–Kier alpha value is 0.400. The smallest absolute Gasteiger partial charge is 1.00 e. The molecule has 0 spiro atoms. The standard InChI is InChI=1S/C2H3NO2.Ca.2H/c3-1-2(4)5;;;/h1,3H,(H,4,5);;;/q;+2;2*-1. The summed E-state index contributed by atoms with van der Waals surface area (Å²) in [7, 11) is 0. The predicted molar refractivity (Wildman–Crippen MR) is 24.4 cm³/mol. The summed E-state index contributed by atoms with van der Waals surface area (Å²) in [4.78, 5) is 9.12. The van der Waals surface area contributed by atoms with Crippen LogP contribution in [0, 0.1) is 5.41 Å². The zero-order chi connectivity index (χ0) is 4.28. The van der Waals surface area contributed by atoms with Crippen LogP contribution in [0.3, 0.4) is 0 Å². The van der Waals surface area contributed by atoms with Crippen molar-refractivity contribution in [2.75, 3.05) is 0 Å². The summed E-state index contributed by atoms with van der Waals surface area (Å²) < 4.78 is 0. The van der Waals surface area contributed by atoms with Crippen LogP contribution in [0.4, 0.5) is 0 Å². The fraction of sp³-hybridized carbons (Fsp3) is 0. The number of carboxylic acids is 1. The molecule has 0 aliphatic rings. The van der Waals surface area contributed by atoms with Gasteiger partial charge in [-0.05, 0) is 0 Å². The molecule has 32 valence electrons. The molecule has 2 N–H and O–H groups in total. The number of nitrogens with one attached hydrogen (secondary N) is 1. The van der Waals surface area contributed by atoms with E-state index in [0.29, 0.717) is 6.21 Å². The topological polar surface area (TPSA) is 61.2 Å². The van der Waals surface area contributed by atoms with Crippen LogP contribution in [0.2, 0.25) is 0 Å². The third-order valence-corrected chi connectivity index (χ3v) is 0.123. The molecule has 0 saturated heterocycles. The molecule has 0 heterocycles. The Balaban J connectivity index is -0.0000000267. The summed E-state index contributed by atoms with van der Waals surface area (Å²) in [6.07, 6.45) is 0.333. The van der Waals surface area contributed by atoms with Crippen molar-refractivity contribution >= 4 is 49.9 Å². The Morgan fingerprint density at radius 2 is 2.17 bits per heavy atom. The molecule has 0 unspecified atom stereocenters. The van der Waals surface area contributed by atoms with Gasteiger partial charge in [0.25, 0.3) is 0 Å². The molecule has 0 radical (unpaired) electrons. The molecule has 0 rings (SSSR count). The first-order valence-electron chi connectivity index (χ1n) is 1.01. The monoisotopic (exact) mass is 115 g/mol. The zero-order valence-corrected chi connectivity index (χ0v) is 5.35. The fourth-order valence-electron chi connectivity index (χ4n) is 0. The van der Waals surface area contributed by atoms with Crippen molar-refractivity contribution < 1.29 is 12.8 Å². The molecule has 3 nitrogen and oxygen atoms in total. The van der Waals surface area contributed by atoms with E-state index in [9.17, 15) is 0 Å². The Kier molecular flexibility index (Phi) is 8.68. The van der Waals surface area contributed by atoms with Gasteiger partial charge in [0.1, 0.15) is 6.21 Å². The van der Waals surface area contributed by atoms with Crippen LogP contribution in [0.1, 0.15) is 2.85 Å². The van der Waals surface area contributed by atoms with Crippen LogP contribution in [0.5, 0.6) is 0 Å². The maximum atomic E-state index is 9.12. The van der Waals surface area contributed by atoms with E-state index < -0.39 is 5.97 Å². The van der Waals surface area contributed by atoms with Crippen molar-refractivity contribution in [3.63, 3.8) is 0 Å². The van der Waals surface area contributed by atoms with Gasteiger partial charge >= 0.3 is 43.7 Å². The summed E-state index contributed by atoms with van der Waals surface area (Å²) in [6, 6.07) is 0. The second-order valence-electron chi connectivity index (χ2n) is 0.483. The molecular formula is C2H5CaNO2. The number of carbonyl (C=O) groups is 1. The van der Waals surface area contributed by atoms with Crippen molar-refractivity contribution in [2.45, 2.75) is 0 Å². The second-order valence-corrected chi connectivity index (χ2v) is 0.483. The molecule has 0 aromatic rings. The quantitative estimate of drug-likeness (QED) is 0.359. The number of aliphatic carboxylic acids is 1. The molecule has 4 heteroatoms. The summed E-state index contributed by atoms with van der Waals surface area (Å²) in [5.41, 5.74) is 0. The molecule has 0 amide bonds. The maximum Gasteiger partial charge on any atom is 2.00 e. The molecule has 0 atom stereocenters. The van der Waals surface area contributed by atoms with Gasteiger partial charge in [-0.2, -0.15) is 0 Å². The maximum absolute atomic E-state index is 9.12. The minimum Gasteiger partial charge on any atom is -1.00 e. The van der Waals surface area contributed by atoms with Crippen molar-refractivity contribution in [1.82, 2.24) is 0 Å². The van der Waals surface area contributed by atoms with Gasteiger partial charge in [0.15, 0.2) is 0 Å². The SMILES string of the molecule is N=CC(=O)O.[Ca+2].[H-].[H-]. The van der Waals surface area contributed by atoms with Gasteiger partial charge in [0.2, 0.25) is 0 Å². The average Bonchev–Trinajstić information content (AvgIpc) is 1.38. The predicted octanol–water partition coefficient (Wildman–Crippen LogP) is -0.435. The fourth-order valence-corrected chi connectivity index (χ4v) is 0. The Morgan fingerprint density at radius 1 is 2.00 bits per heavy atom. The average molecular weight is 115 g/mol. The van der Waals surface area contributed by atoms with Gasteiger partial charge in [0.05, 0.1) is 0 Å². The van der Waals surface area contributed by atoms with Gasteiger partial charge in [-0.1, -0.05) is 0 Å². The minimum atomic E-state index is -1.20. The van der Waals surface area contributed by atoms with Gasteiger partial charge in [-0.15, -0.1) is 0 Å². The van der Waals surface area contributed by atoms with Crippen LogP contribution in [0.25, 0.3) is 0 Å². The largest absolute Gasteiger partial charge is 2.00 e. The normalized spacial score (nSPS) is 5.33. The molecule has 0 aliphatic heterocycles. The molecule has 0 aromatic carbocycles. The Labute approximate surface area is 67.8 Å². The molecule has 0 aromatic heterocycles. The van der Waals surface area contributed by atoms with Crippen molar-refractivity contribution in [2.24, 2.45) is 0 Å². The van der Waals surface area contributed by atoms with Gasteiger partial charge in [-0.25, -0.2) is 4.79 Å². The van der Waals surface area contributed by atoms with Gasteiger partial charge < -0.3 is 13.4 Å². The molecule has 0 fully saturated rings. The summed E-state index contributed by atoms with van der Waals surface area (Å²) >= 11 is 0. The van der Waals surface area contributed by atoms with Crippen molar-refractivity contribution in [1.29, 1.82) is 5.41 Å². The third kappa shape index (κ3) is 8.83. The molecule has 0 saturated carbocycles. The van der Waals surface area contributed by atoms with Crippen molar-refractivity contribution in [3.05, 3.63) is 0 Å². The van der Waals surface area contributed by atoms with E-state index in [-0.39, 0.29) is 40.6 Å². The Morgan fingerprint density at radius 3 is 2.17 bits per heavy atom. The van der Waals surface area contributed by atoms with Crippen LogP contribution in [-0.4, -0.2) is 55.0 Å². The third-order valence-electron chi connectivity index (χ3n) is 0.123. The van der Waals surface area contributed by atoms with E-state index >= 15 is 0 Å². The molecule has 0 aliphatic carbocycles. The Bertz CT molecular complexity index is 69.1. The van der Waals surface area contributed by atoms with E-state index in [0.717, 1.165) is 0 Å².